The number of rotatable bonds is 5. The van der Waals surface area contributed by atoms with Crippen molar-refractivity contribution in [1.82, 2.24) is 19.8 Å². The van der Waals surface area contributed by atoms with Crippen LogP contribution in [-0.4, -0.2) is 46.0 Å². The van der Waals surface area contributed by atoms with Crippen molar-refractivity contribution in [1.29, 1.82) is 0 Å². The smallest absolute Gasteiger partial charge is 0.231 e. The molecule has 1 amide bonds. The van der Waals surface area contributed by atoms with Crippen LogP contribution in [0.25, 0.3) is 27.5 Å². The minimum Gasteiger partial charge on any atom is -0.374 e. The monoisotopic (exact) mass is 424 g/mol. The molecule has 0 bridgehead atoms. The third-order valence-corrected chi connectivity index (χ3v) is 5.77. The Balaban J connectivity index is 1.61. The van der Waals surface area contributed by atoms with Gasteiger partial charge < -0.3 is 10.2 Å². The molecule has 3 aromatic heterocycles. The molecule has 0 saturated heterocycles. The van der Waals surface area contributed by atoms with E-state index in [9.17, 15) is 9.18 Å². The molecule has 2 unspecified atom stereocenters. The summed E-state index contributed by atoms with van der Waals surface area (Å²) in [5.74, 6) is -0.851. The lowest BCUT2D eigenvalue weighted by Crippen LogP contribution is -2.15. The summed E-state index contributed by atoms with van der Waals surface area (Å²) in [6.45, 7) is 1.92. The predicted molar refractivity (Wildman–Crippen MR) is 116 cm³/mol. The van der Waals surface area contributed by atoms with Crippen molar-refractivity contribution < 1.29 is 13.6 Å². The fraction of sp³-hybridized carbons (Fsp3) is 0.318. The van der Waals surface area contributed by atoms with Crippen LogP contribution < -0.4 is 10.2 Å². The van der Waals surface area contributed by atoms with Crippen LogP contribution in [0.1, 0.15) is 18.9 Å². The molecule has 1 aliphatic rings. The van der Waals surface area contributed by atoms with Crippen LogP contribution >= 0.6 is 0 Å². The van der Waals surface area contributed by atoms with E-state index in [-0.39, 0.29) is 18.1 Å². The number of amides is 1. The largest absolute Gasteiger partial charge is 0.374 e. The number of nitrogens with zero attached hydrogens (tertiary/aromatic N) is 4. The third kappa shape index (κ3) is 3.11. The minimum atomic E-state index is -1.06. The van der Waals surface area contributed by atoms with Gasteiger partial charge in [0.2, 0.25) is 5.91 Å². The SMILES string of the molecule is CCc1c(F)c(N(C)C)c2[nH]ncc2c1-c1ccn2nc(NC(=O)C3CC3F)cc2c1. The summed E-state index contributed by atoms with van der Waals surface area (Å²) in [6, 6.07) is 5.48. The van der Waals surface area contributed by atoms with Crippen LogP contribution in [0.3, 0.4) is 0 Å². The number of pyridine rings is 1. The van der Waals surface area contributed by atoms with E-state index in [4.69, 9.17) is 0 Å². The number of benzene rings is 1. The molecule has 3 heterocycles. The number of halogens is 2. The summed E-state index contributed by atoms with van der Waals surface area (Å²) in [5, 5.41) is 14.9. The zero-order valence-electron chi connectivity index (χ0n) is 17.4. The normalized spacial score (nSPS) is 18.0. The van der Waals surface area contributed by atoms with Gasteiger partial charge in [-0.15, -0.1) is 0 Å². The summed E-state index contributed by atoms with van der Waals surface area (Å²) in [6.07, 6.45) is 3.19. The van der Waals surface area contributed by atoms with Gasteiger partial charge >= 0.3 is 0 Å². The predicted octanol–water partition coefficient (Wildman–Crippen LogP) is 3.94. The molecule has 1 fully saturated rings. The lowest BCUT2D eigenvalue weighted by Gasteiger charge is -2.20. The maximum Gasteiger partial charge on any atom is 0.231 e. The average molecular weight is 424 g/mol. The van der Waals surface area contributed by atoms with E-state index >= 15 is 4.39 Å². The molecule has 1 saturated carbocycles. The first-order chi connectivity index (χ1) is 14.9. The Morgan fingerprint density at radius 1 is 1.39 bits per heavy atom. The Morgan fingerprint density at radius 3 is 2.84 bits per heavy atom. The number of nitrogens with one attached hydrogen (secondary N) is 2. The van der Waals surface area contributed by atoms with E-state index in [0.29, 0.717) is 29.0 Å². The van der Waals surface area contributed by atoms with Gasteiger partial charge in [0.05, 0.1) is 28.8 Å². The second-order valence-corrected chi connectivity index (χ2v) is 8.08. The Labute approximate surface area is 177 Å². The van der Waals surface area contributed by atoms with Crippen LogP contribution in [0.4, 0.5) is 20.3 Å². The molecule has 1 aliphatic carbocycles. The van der Waals surface area contributed by atoms with Crippen LogP contribution in [-0.2, 0) is 11.2 Å². The zero-order chi connectivity index (χ0) is 21.9. The van der Waals surface area contributed by atoms with E-state index in [2.05, 4.69) is 20.6 Å². The molecule has 31 heavy (non-hydrogen) atoms. The Hall–Kier alpha value is -3.49. The van der Waals surface area contributed by atoms with Gasteiger partial charge in [0.1, 0.15) is 6.17 Å². The number of carbonyl (C=O) groups excluding carboxylic acids is 1. The summed E-state index contributed by atoms with van der Waals surface area (Å²) >= 11 is 0. The maximum atomic E-state index is 15.5. The topological polar surface area (TPSA) is 78.3 Å². The van der Waals surface area contributed by atoms with E-state index < -0.39 is 12.1 Å². The van der Waals surface area contributed by atoms with Crippen LogP contribution in [0.2, 0.25) is 0 Å². The summed E-state index contributed by atoms with van der Waals surface area (Å²) in [5.41, 5.74) is 4.07. The van der Waals surface area contributed by atoms with Crippen LogP contribution in [0.15, 0.2) is 30.6 Å². The lowest BCUT2D eigenvalue weighted by molar-refractivity contribution is -0.117. The van der Waals surface area contributed by atoms with Gasteiger partial charge in [-0.05, 0) is 41.7 Å². The molecule has 160 valence electrons. The van der Waals surface area contributed by atoms with Gasteiger partial charge in [-0.25, -0.2) is 13.3 Å². The van der Waals surface area contributed by atoms with Gasteiger partial charge in [0, 0.05) is 31.7 Å². The molecular weight excluding hydrogens is 402 g/mol. The molecule has 9 heteroatoms. The number of fused-ring (bicyclic) bond motifs is 2. The number of hydrogen-bond donors (Lipinski definition) is 2. The summed E-state index contributed by atoms with van der Waals surface area (Å²) in [4.78, 5) is 13.8. The van der Waals surface area contributed by atoms with Crippen molar-refractivity contribution in [3.05, 3.63) is 42.0 Å². The van der Waals surface area contributed by atoms with Gasteiger partial charge in [0.15, 0.2) is 11.6 Å². The van der Waals surface area contributed by atoms with Crippen molar-refractivity contribution in [3.8, 4) is 11.1 Å². The molecule has 0 radical (unpaired) electrons. The maximum absolute atomic E-state index is 15.5. The number of aromatic amines is 1. The first-order valence-electron chi connectivity index (χ1n) is 10.2. The van der Waals surface area contributed by atoms with Gasteiger partial charge in [0.25, 0.3) is 0 Å². The number of carbonyl (C=O) groups is 1. The van der Waals surface area contributed by atoms with Crippen molar-refractivity contribution >= 4 is 33.8 Å². The standard InChI is InChI=1S/C22H22F2N6O/c1-4-13-18(15-10-25-27-20(15)21(19(13)24)29(2)3)11-5-6-30-12(7-11)8-17(28-30)26-22(31)14-9-16(14)23/h5-8,10,14,16H,4,9H2,1-3H3,(H,25,27)(H,26,28,31). The first-order valence-corrected chi connectivity index (χ1v) is 10.2. The van der Waals surface area contributed by atoms with Crippen LogP contribution in [0.5, 0.6) is 0 Å². The number of anilines is 2. The Morgan fingerprint density at radius 2 is 2.16 bits per heavy atom. The highest BCUT2D eigenvalue weighted by molar-refractivity contribution is 6.03. The quantitative estimate of drug-likeness (QED) is 0.509. The summed E-state index contributed by atoms with van der Waals surface area (Å²) in [7, 11) is 3.61. The molecule has 0 aliphatic heterocycles. The zero-order valence-corrected chi connectivity index (χ0v) is 17.4. The van der Waals surface area contributed by atoms with E-state index in [1.54, 1.807) is 42.0 Å². The Bertz CT molecular complexity index is 1320. The molecule has 0 spiro atoms. The second kappa shape index (κ2) is 7.04. The van der Waals surface area contributed by atoms with Crippen molar-refractivity contribution in [2.24, 2.45) is 5.92 Å². The highest BCUT2D eigenvalue weighted by Crippen LogP contribution is 2.40. The molecule has 4 aromatic rings. The number of alkyl halides is 1. The van der Waals surface area contributed by atoms with Crippen molar-refractivity contribution in [2.75, 3.05) is 24.3 Å². The molecular formula is C22H22F2N6O. The van der Waals surface area contributed by atoms with Gasteiger partial charge in [-0.1, -0.05) is 6.92 Å². The molecule has 2 N–H and O–H groups in total. The first kappa shape index (κ1) is 19.5. The van der Waals surface area contributed by atoms with Crippen molar-refractivity contribution in [3.63, 3.8) is 0 Å². The van der Waals surface area contributed by atoms with Gasteiger partial charge in [-0.2, -0.15) is 10.2 Å². The van der Waals surface area contributed by atoms with Gasteiger partial charge in [-0.3, -0.25) is 9.89 Å². The van der Waals surface area contributed by atoms with E-state index in [0.717, 1.165) is 22.0 Å². The third-order valence-electron chi connectivity index (χ3n) is 5.77. The molecule has 7 nitrogen and oxygen atoms in total. The van der Waals surface area contributed by atoms with Crippen molar-refractivity contribution in [2.45, 2.75) is 25.9 Å². The average Bonchev–Trinajstić information content (AvgIpc) is 3.11. The lowest BCUT2D eigenvalue weighted by atomic mass is 9.93. The molecule has 5 rings (SSSR count). The van der Waals surface area contributed by atoms with E-state index in [1.165, 1.54) is 0 Å². The fourth-order valence-corrected chi connectivity index (χ4v) is 4.13. The van der Waals surface area contributed by atoms with Crippen LogP contribution in [0, 0.1) is 11.7 Å². The highest BCUT2D eigenvalue weighted by Gasteiger charge is 2.43. The second-order valence-electron chi connectivity index (χ2n) is 8.08. The number of aromatic nitrogens is 4. The Kier molecular flexibility index (Phi) is 4.42. The number of H-pyrrole nitrogens is 1. The van der Waals surface area contributed by atoms with E-state index in [1.807, 2.05) is 19.1 Å². The fourth-order valence-electron chi connectivity index (χ4n) is 4.13. The highest BCUT2D eigenvalue weighted by atomic mass is 19.1. The minimum absolute atomic E-state index is 0.262. The summed E-state index contributed by atoms with van der Waals surface area (Å²) < 4.78 is 30.2. The number of hydrogen-bond acceptors (Lipinski definition) is 4. The molecule has 2 atom stereocenters. The molecule has 1 aromatic carbocycles.